The topological polar surface area (TPSA) is 46.9 Å². The smallest absolute Gasteiger partial charge is 0.0912 e. The fourth-order valence-electron chi connectivity index (χ4n) is 3.31. The Labute approximate surface area is 140 Å². The van der Waals surface area contributed by atoms with Crippen LogP contribution in [0, 0.1) is 0 Å². The molecular formula is C19H32N2O2. The van der Waals surface area contributed by atoms with E-state index in [1.165, 1.54) is 11.1 Å². The number of likely N-dealkylation sites (tertiary alicyclic amines) is 1. The van der Waals surface area contributed by atoms with E-state index in [9.17, 15) is 10.2 Å². The average Bonchev–Trinajstić information content (AvgIpc) is 2.77. The third kappa shape index (κ3) is 6.22. The fraction of sp³-hybridized carbons (Fsp3) is 0.684. The predicted octanol–water partition coefficient (Wildman–Crippen LogP) is 1.89. The number of β-amino-alcohol motifs (C(OH)–C–C–N with tert-alkyl or cyclic N) is 1. The maximum Gasteiger partial charge on any atom is 0.0912 e. The summed E-state index contributed by atoms with van der Waals surface area (Å²) in [5.74, 6) is 0. The van der Waals surface area contributed by atoms with Crippen LogP contribution < -0.4 is 0 Å². The van der Waals surface area contributed by atoms with Gasteiger partial charge in [-0.05, 0) is 58.3 Å². The van der Waals surface area contributed by atoms with E-state index in [2.05, 4.69) is 34.1 Å². The van der Waals surface area contributed by atoms with Crippen LogP contribution in [-0.4, -0.2) is 64.9 Å². The first kappa shape index (κ1) is 18.4. The van der Waals surface area contributed by atoms with Crippen molar-refractivity contribution >= 4 is 0 Å². The number of rotatable bonds is 7. The van der Waals surface area contributed by atoms with Crippen LogP contribution in [0.15, 0.2) is 24.3 Å². The molecule has 1 unspecified atom stereocenters. The zero-order valence-corrected chi connectivity index (χ0v) is 15.0. The zero-order valence-electron chi connectivity index (χ0n) is 15.0. The molecule has 1 aliphatic heterocycles. The third-order valence-corrected chi connectivity index (χ3v) is 4.48. The summed E-state index contributed by atoms with van der Waals surface area (Å²) in [6, 6.07) is 8.65. The number of aliphatic hydroxyl groups is 2. The van der Waals surface area contributed by atoms with Crippen LogP contribution in [0.5, 0.6) is 0 Å². The zero-order chi connectivity index (χ0) is 17.1. The SMILES string of the molecule is CN(C)CC1(O)CCN(Cc2ccc(CCC(C)(C)O)cc2)C1. The highest BCUT2D eigenvalue weighted by molar-refractivity contribution is 5.23. The van der Waals surface area contributed by atoms with E-state index in [1.807, 2.05) is 27.9 Å². The van der Waals surface area contributed by atoms with Crippen LogP contribution in [0.4, 0.5) is 0 Å². The Hall–Kier alpha value is -0.940. The lowest BCUT2D eigenvalue weighted by atomic mass is 9.98. The van der Waals surface area contributed by atoms with Crippen molar-refractivity contribution in [3.8, 4) is 0 Å². The van der Waals surface area contributed by atoms with Gasteiger partial charge in [0.2, 0.25) is 0 Å². The highest BCUT2D eigenvalue weighted by atomic mass is 16.3. The molecule has 4 nitrogen and oxygen atoms in total. The summed E-state index contributed by atoms with van der Waals surface area (Å²) >= 11 is 0. The Morgan fingerprint density at radius 3 is 2.35 bits per heavy atom. The number of nitrogens with zero attached hydrogens (tertiary/aromatic N) is 2. The minimum absolute atomic E-state index is 0.573. The molecule has 1 fully saturated rings. The van der Waals surface area contributed by atoms with Crippen molar-refractivity contribution in [3.05, 3.63) is 35.4 Å². The summed E-state index contributed by atoms with van der Waals surface area (Å²) in [5.41, 5.74) is 1.37. The van der Waals surface area contributed by atoms with Gasteiger partial charge in [0.1, 0.15) is 0 Å². The summed E-state index contributed by atoms with van der Waals surface area (Å²) in [4.78, 5) is 4.39. The van der Waals surface area contributed by atoms with Crippen LogP contribution in [-0.2, 0) is 13.0 Å². The van der Waals surface area contributed by atoms with Gasteiger partial charge in [-0.2, -0.15) is 0 Å². The van der Waals surface area contributed by atoms with Gasteiger partial charge in [-0.15, -0.1) is 0 Å². The lowest BCUT2D eigenvalue weighted by Gasteiger charge is -2.26. The molecule has 0 amide bonds. The van der Waals surface area contributed by atoms with Crippen LogP contribution in [0.3, 0.4) is 0 Å². The number of hydrogen-bond donors (Lipinski definition) is 2. The Morgan fingerprint density at radius 1 is 1.17 bits per heavy atom. The first-order valence-electron chi connectivity index (χ1n) is 8.55. The molecule has 4 heteroatoms. The quantitative estimate of drug-likeness (QED) is 0.805. The lowest BCUT2D eigenvalue weighted by Crippen LogP contribution is -2.42. The van der Waals surface area contributed by atoms with Crippen molar-refractivity contribution in [1.82, 2.24) is 9.80 Å². The largest absolute Gasteiger partial charge is 0.390 e. The molecule has 0 aliphatic carbocycles. The van der Waals surface area contributed by atoms with Gasteiger partial charge in [0.15, 0.2) is 0 Å². The van der Waals surface area contributed by atoms with Gasteiger partial charge in [0, 0.05) is 26.2 Å². The number of likely N-dealkylation sites (N-methyl/N-ethyl adjacent to an activating group) is 1. The number of aryl methyl sites for hydroxylation is 1. The highest BCUT2D eigenvalue weighted by Crippen LogP contribution is 2.24. The van der Waals surface area contributed by atoms with Gasteiger partial charge in [-0.1, -0.05) is 24.3 Å². The number of benzene rings is 1. The Kier molecular flexibility index (Phi) is 5.84. The van der Waals surface area contributed by atoms with E-state index in [1.54, 1.807) is 0 Å². The Balaban J connectivity index is 1.85. The van der Waals surface area contributed by atoms with E-state index in [-0.39, 0.29) is 0 Å². The van der Waals surface area contributed by atoms with Crippen molar-refractivity contribution in [2.24, 2.45) is 0 Å². The molecule has 130 valence electrons. The van der Waals surface area contributed by atoms with Crippen molar-refractivity contribution in [3.63, 3.8) is 0 Å². The molecule has 0 aromatic heterocycles. The lowest BCUT2D eigenvalue weighted by molar-refractivity contribution is 0.0240. The molecule has 2 rings (SSSR count). The average molecular weight is 320 g/mol. The molecule has 2 N–H and O–H groups in total. The summed E-state index contributed by atoms with van der Waals surface area (Å²) < 4.78 is 0. The summed E-state index contributed by atoms with van der Waals surface area (Å²) in [5, 5.41) is 20.4. The van der Waals surface area contributed by atoms with Crippen molar-refractivity contribution in [2.45, 2.75) is 50.9 Å². The van der Waals surface area contributed by atoms with Crippen LogP contribution in [0.2, 0.25) is 0 Å². The molecule has 0 saturated carbocycles. The van der Waals surface area contributed by atoms with Gasteiger partial charge in [0.25, 0.3) is 0 Å². The van der Waals surface area contributed by atoms with Crippen molar-refractivity contribution in [2.75, 3.05) is 33.7 Å². The molecule has 23 heavy (non-hydrogen) atoms. The van der Waals surface area contributed by atoms with Crippen molar-refractivity contribution in [1.29, 1.82) is 0 Å². The molecule has 1 saturated heterocycles. The monoisotopic (exact) mass is 320 g/mol. The maximum atomic E-state index is 10.6. The normalized spacial score (nSPS) is 22.9. The summed E-state index contributed by atoms with van der Waals surface area (Å²) in [7, 11) is 4.01. The Morgan fingerprint density at radius 2 is 1.78 bits per heavy atom. The molecule has 0 radical (unpaired) electrons. The van der Waals surface area contributed by atoms with E-state index in [0.29, 0.717) is 0 Å². The van der Waals surface area contributed by atoms with E-state index >= 15 is 0 Å². The van der Waals surface area contributed by atoms with E-state index < -0.39 is 11.2 Å². The van der Waals surface area contributed by atoms with Crippen LogP contribution >= 0.6 is 0 Å². The predicted molar refractivity (Wildman–Crippen MR) is 94.5 cm³/mol. The third-order valence-electron chi connectivity index (χ3n) is 4.48. The van der Waals surface area contributed by atoms with E-state index in [0.717, 1.165) is 45.4 Å². The molecule has 1 atom stereocenters. The summed E-state index contributed by atoms with van der Waals surface area (Å²) in [6.07, 6.45) is 2.51. The first-order valence-corrected chi connectivity index (χ1v) is 8.55. The van der Waals surface area contributed by atoms with Gasteiger partial charge < -0.3 is 15.1 Å². The van der Waals surface area contributed by atoms with E-state index in [4.69, 9.17) is 0 Å². The van der Waals surface area contributed by atoms with Gasteiger partial charge in [0.05, 0.1) is 11.2 Å². The molecule has 1 aliphatic rings. The van der Waals surface area contributed by atoms with Gasteiger partial charge in [-0.25, -0.2) is 0 Å². The second kappa shape index (κ2) is 7.31. The molecular weight excluding hydrogens is 288 g/mol. The second-order valence-electron chi connectivity index (χ2n) is 8.05. The molecule has 1 heterocycles. The molecule has 1 aromatic rings. The molecule has 0 spiro atoms. The number of hydrogen-bond acceptors (Lipinski definition) is 4. The standard InChI is InChI=1S/C19H32N2O2/c1-18(2,22)10-9-16-5-7-17(8-6-16)13-21-12-11-19(23,15-21)14-20(3)4/h5-8,22-23H,9-15H2,1-4H3. The van der Waals surface area contributed by atoms with Crippen molar-refractivity contribution < 1.29 is 10.2 Å². The first-order chi connectivity index (χ1) is 10.7. The summed E-state index contributed by atoms with van der Waals surface area (Å²) in [6.45, 7) is 7.00. The second-order valence-corrected chi connectivity index (χ2v) is 8.05. The Bertz CT molecular complexity index is 493. The van der Waals surface area contributed by atoms with Gasteiger partial charge in [-0.3, -0.25) is 4.90 Å². The van der Waals surface area contributed by atoms with Crippen LogP contribution in [0.25, 0.3) is 0 Å². The minimum atomic E-state index is -0.606. The maximum absolute atomic E-state index is 10.6. The van der Waals surface area contributed by atoms with Gasteiger partial charge >= 0.3 is 0 Å². The van der Waals surface area contributed by atoms with Crippen LogP contribution in [0.1, 0.15) is 37.8 Å². The highest BCUT2D eigenvalue weighted by Gasteiger charge is 2.36. The minimum Gasteiger partial charge on any atom is -0.390 e. The molecule has 1 aromatic carbocycles. The molecule has 0 bridgehead atoms. The fourth-order valence-corrected chi connectivity index (χ4v) is 3.31.